The van der Waals surface area contributed by atoms with E-state index >= 15 is 0 Å². The number of rotatable bonds is 3. The largest absolute Gasteiger partial charge is 0.322 e. The van der Waals surface area contributed by atoms with Crippen LogP contribution in [-0.2, 0) is 6.42 Å². The summed E-state index contributed by atoms with van der Waals surface area (Å²) in [6.07, 6.45) is 7.15. The first-order chi connectivity index (χ1) is 12.7. The number of nitrogens with one attached hydrogen (secondary N) is 1. The summed E-state index contributed by atoms with van der Waals surface area (Å²) in [5, 5.41) is 2.87. The van der Waals surface area contributed by atoms with Crippen molar-refractivity contribution in [1.29, 1.82) is 0 Å². The van der Waals surface area contributed by atoms with Crippen molar-refractivity contribution in [2.24, 2.45) is 0 Å². The minimum Gasteiger partial charge on any atom is -0.322 e. The van der Waals surface area contributed by atoms with Crippen molar-refractivity contribution in [2.45, 2.75) is 6.42 Å². The Morgan fingerprint density at radius 1 is 0.962 bits per heavy atom. The van der Waals surface area contributed by atoms with E-state index in [1.807, 2.05) is 18.2 Å². The molecule has 1 aliphatic heterocycles. The first-order valence-corrected chi connectivity index (χ1v) is 8.28. The average molecular weight is 344 g/mol. The standard InChI is InChI=1S/C20H16N4O2/c25-19(15-5-9-21-10-6-15)23-17-4-3-14-7-11-24(18(14)12-17)20(26)16-2-1-8-22-13-16/h1-6,8-10,12-13H,7,11H2,(H,23,25). The third-order valence-electron chi connectivity index (χ3n) is 4.33. The van der Waals surface area contributed by atoms with Gasteiger partial charge in [-0.15, -0.1) is 0 Å². The lowest BCUT2D eigenvalue weighted by molar-refractivity contribution is 0.0987. The van der Waals surface area contributed by atoms with Crippen LogP contribution in [-0.4, -0.2) is 28.3 Å². The lowest BCUT2D eigenvalue weighted by atomic mass is 10.1. The number of hydrogen-bond donors (Lipinski definition) is 1. The van der Waals surface area contributed by atoms with Gasteiger partial charge in [-0.1, -0.05) is 6.07 Å². The third-order valence-corrected chi connectivity index (χ3v) is 4.33. The Balaban J connectivity index is 1.58. The summed E-state index contributed by atoms with van der Waals surface area (Å²) in [6, 6.07) is 12.5. The Kier molecular flexibility index (Phi) is 4.15. The van der Waals surface area contributed by atoms with Gasteiger partial charge in [0.15, 0.2) is 0 Å². The van der Waals surface area contributed by atoms with Crippen molar-refractivity contribution in [3.8, 4) is 0 Å². The minimum atomic E-state index is -0.213. The number of fused-ring (bicyclic) bond motifs is 1. The summed E-state index contributed by atoms with van der Waals surface area (Å²) in [4.78, 5) is 34.7. The molecule has 0 atom stereocenters. The fourth-order valence-electron chi connectivity index (χ4n) is 3.02. The molecule has 0 bridgehead atoms. The summed E-state index contributed by atoms with van der Waals surface area (Å²) >= 11 is 0. The van der Waals surface area contributed by atoms with Crippen LogP contribution in [0, 0.1) is 0 Å². The molecule has 26 heavy (non-hydrogen) atoms. The van der Waals surface area contributed by atoms with E-state index in [2.05, 4.69) is 15.3 Å². The summed E-state index contributed by atoms with van der Waals surface area (Å²) in [5.41, 5.74) is 3.64. The van der Waals surface area contributed by atoms with E-state index < -0.39 is 0 Å². The van der Waals surface area contributed by atoms with Crippen molar-refractivity contribution in [2.75, 3.05) is 16.8 Å². The smallest absolute Gasteiger partial charge is 0.259 e. The maximum atomic E-state index is 12.8. The maximum absolute atomic E-state index is 12.8. The second-order valence-electron chi connectivity index (χ2n) is 5.98. The number of aromatic nitrogens is 2. The van der Waals surface area contributed by atoms with Gasteiger partial charge in [-0.3, -0.25) is 19.6 Å². The molecule has 2 amide bonds. The number of carbonyl (C=O) groups excluding carboxylic acids is 2. The van der Waals surface area contributed by atoms with Crippen LogP contribution in [0.5, 0.6) is 0 Å². The molecule has 0 saturated carbocycles. The van der Waals surface area contributed by atoms with Gasteiger partial charge in [0, 0.05) is 48.3 Å². The number of anilines is 2. The van der Waals surface area contributed by atoms with E-state index in [0.29, 0.717) is 23.4 Å². The highest BCUT2D eigenvalue weighted by atomic mass is 16.2. The van der Waals surface area contributed by atoms with E-state index in [9.17, 15) is 9.59 Å². The van der Waals surface area contributed by atoms with Gasteiger partial charge in [0.05, 0.1) is 5.56 Å². The van der Waals surface area contributed by atoms with Crippen molar-refractivity contribution in [1.82, 2.24) is 9.97 Å². The molecule has 6 heteroatoms. The normalized spacial score (nSPS) is 12.5. The van der Waals surface area contributed by atoms with Crippen LogP contribution in [0.1, 0.15) is 26.3 Å². The van der Waals surface area contributed by atoms with Crippen LogP contribution >= 0.6 is 0 Å². The van der Waals surface area contributed by atoms with Crippen molar-refractivity contribution in [3.63, 3.8) is 0 Å². The molecule has 0 saturated heterocycles. The van der Waals surface area contributed by atoms with Crippen LogP contribution in [0.25, 0.3) is 0 Å². The van der Waals surface area contributed by atoms with Crippen molar-refractivity contribution < 1.29 is 9.59 Å². The Morgan fingerprint density at radius 2 is 1.81 bits per heavy atom. The molecule has 0 radical (unpaired) electrons. The van der Waals surface area contributed by atoms with E-state index in [0.717, 1.165) is 17.7 Å². The topological polar surface area (TPSA) is 75.2 Å². The quantitative estimate of drug-likeness (QED) is 0.793. The lowest BCUT2D eigenvalue weighted by Gasteiger charge is -2.18. The van der Waals surface area contributed by atoms with Gasteiger partial charge in [0.2, 0.25) is 0 Å². The van der Waals surface area contributed by atoms with Crippen molar-refractivity contribution >= 4 is 23.2 Å². The lowest BCUT2D eigenvalue weighted by Crippen LogP contribution is -2.29. The first-order valence-electron chi connectivity index (χ1n) is 8.28. The Bertz CT molecular complexity index is 958. The molecule has 2 aromatic heterocycles. The molecule has 0 aliphatic carbocycles. The molecule has 3 aromatic rings. The number of pyridine rings is 2. The first kappa shape index (κ1) is 16.0. The predicted molar refractivity (Wildman–Crippen MR) is 98.2 cm³/mol. The molecule has 128 valence electrons. The van der Waals surface area contributed by atoms with Gasteiger partial charge in [-0.05, 0) is 48.4 Å². The van der Waals surface area contributed by atoms with E-state index in [1.54, 1.807) is 54.0 Å². The number of nitrogens with zero attached hydrogens (tertiary/aromatic N) is 3. The number of carbonyl (C=O) groups is 2. The van der Waals surface area contributed by atoms with Gasteiger partial charge in [-0.2, -0.15) is 0 Å². The van der Waals surface area contributed by atoms with E-state index in [1.165, 1.54) is 0 Å². The Labute approximate surface area is 150 Å². The second kappa shape index (κ2) is 6.76. The van der Waals surface area contributed by atoms with Gasteiger partial charge in [-0.25, -0.2) is 0 Å². The van der Waals surface area contributed by atoms with Gasteiger partial charge >= 0.3 is 0 Å². The molecule has 0 fully saturated rings. The molecule has 0 spiro atoms. The highest BCUT2D eigenvalue weighted by molar-refractivity contribution is 6.08. The highest BCUT2D eigenvalue weighted by Crippen LogP contribution is 2.32. The number of amides is 2. The Hall–Kier alpha value is -3.54. The fourth-order valence-corrected chi connectivity index (χ4v) is 3.02. The highest BCUT2D eigenvalue weighted by Gasteiger charge is 2.26. The fraction of sp³-hybridized carbons (Fsp3) is 0.100. The monoisotopic (exact) mass is 344 g/mol. The molecule has 1 N–H and O–H groups in total. The van der Waals surface area contributed by atoms with Gasteiger partial charge in [0.25, 0.3) is 11.8 Å². The Morgan fingerprint density at radius 3 is 2.58 bits per heavy atom. The maximum Gasteiger partial charge on any atom is 0.259 e. The summed E-state index contributed by atoms with van der Waals surface area (Å²) in [7, 11) is 0. The SMILES string of the molecule is O=C(Nc1ccc2c(c1)N(C(=O)c1cccnc1)CC2)c1ccncc1. The molecule has 1 aliphatic rings. The van der Waals surface area contributed by atoms with Crippen LogP contribution in [0.4, 0.5) is 11.4 Å². The summed E-state index contributed by atoms with van der Waals surface area (Å²) in [5.74, 6) is -0.301. The number of hydrogen-bond acceptors (Lipinski definition) is 4. The van der Waals surface area contributed by atoms with E-state index in [-0.39, 0.29) is 11.8 Å². The molecule has 1 aromatic carbocycles. The summed E-state index contributed by atoms with van der Waals surface area (Å²) < 4.78 is 0. The minimum absolute atomic E-state index is 0.0885. The van der Waals surface area contributed by atoms with Crippen LogP contribution < -0.4 is 10.2 Å². The molecule has 0 unspecified atom stereocenters. The van der Waals surface area contributed by atoms with Gasteiger partial charge < -0.3 is 10.2 Å². The van der Waals surface area contributed by atoms with Crippen LogP contribution in [0.15, 0.2) is 67.3 Å². The molecule has 4 rings (SSSR count). The zero-order valence-corrected chi connectivity index (χ0v) is 13.9. The predicted octanol–water partition coefficient (Wildman–Crippen LogP) is 2.93. The van der Waals surface area contributed by atoms with Crippen molar-refractivity contribution in [3.05, 3.63) is 83.9 Å². The zero-order chi connectivity index (χ0) is 17.9. The third kappa shape index (κ3) is 3.04. The molecular weight excluding hydrogens is 328 g/mol. The molecular formula is C20H16N4O2. The second-order valence-corrected chi connectivity index (χ2v) is 5.98. The average Bonchev–Trinajstić information content (AvgIpc) is 3.12. The molecule has 3 heterocycles. The van der Waals surface area contributed by atoms with Crippen LogP contribution in [0.3, 0.4) is 0 Å². The summed E-state index contributed by atoms with van der Waals surface area (Å²) in [6.45, 7) is 0.616. The van der Waals surface area contributed by atoms with Crippen LogP contribution in [0.2, 0.25) is 0 Å². The van der Waals surface area contributed by atoms with Gasteiger partial charge in [0.1, 0.15) is 0 Å². The zero-order valence-electron chi connectivity index (χ0n) is 13.9. The number of benzene rings is 1. The molecule has 6 nitrogen and oxygen atoms in total. The van der Waals surface area contributed by atoms with E-state index in [4.69, 9.17) is 0 Å².